The maximum atomic E-state index is 12.0. The second-order valence-electron chi connectivity index (χ2n) is 4.31. The van der Waals surface area contributed by atoms with Gasteiger partial charge in [0, 0.05) is 11.8 Å². The fourth-order valence-corrected chi connectivity index (χ4v) is 1.22. The Morgan fingerprint density at radius 2 is 2.07 bits per heavy atom. The van der Waals surface area contributed by atoms with E-state index < -0.39 is 13.0 Å². The Bertz CT molecular complexity index is 321. The summed E-state index contributed by atoms with van der Waals surface area (Å²) in [6, 6.07) is 3.61. The normalized spacial score (nSPS) is 11.9. The van der Waals surface area contributed by atoms with Gasteiger partial charge < -0.3 is 4.74 Å². The molecule has 1 aromatic rings. The summed E-state index contributed by atoms with van der Waals surface area (Å²) in [5.41, 5.74) is 0.678. The predicted molar refractivity (Wildman–Crippen MR) is 54.4 cm³/mol. The monoisotopic (exact) mass is 215 g/mol. The fourth-order valence-electron chi connectivity index (χ4n) is 1.22. The minimum atomic E-state index is -2.47. The van der Waals surface area contributed by atoms with E-state index in [-0.39, 0.29) is 5.41 Å². The molecule has 0 saturated heterocycles. The standard InChI is InChI=1S/C11H15F2NO/c1-11(2,3)8-5-4-6-14-10(8)15-7-9(12)13/h4-6,9H,7H2,1-3H3. The molecule has 1 aromatic heterocycles. The molecular weight excluding hydrogens is 200 g/mol. The van der Waals surface area contributed by atoms with Crippen LogP contribution in [-0.2, 0) is 5.41 Å². The summed E-state index contributed by atoms with van der Waals surface area (Å²) in [7, 11) is 0. The van der Waals surface area contributed by atoms with Gasteiger partial charge in [-0.05, 0) is 11.5 Å². The first-order chi connectivity index (χ1) is 6.91. The summed E-state index contributed by atoms with van der Waals surface area (Å²) in [6.45, 7) is 5.35. The van der Waals surface area contributed by atoms with Crippen LogP contribution in [0.25, 0.3) is 0 Å². The summed E-state index contributed by atoms with van der Waals surface area (Å²) in [6.07, 6.45) is -0.935. The number of ether oxygens (including phenoxy) is 1. The number of hydrogen-bond acceptors (Lipinski definition) is 2. The minimum absolute atomic E-state index is 0.161. The molecule has 0 bridgehead atoms. The van der Waals surface area contributed by atoms with Crippen molar-refractivity contribution in [2.75, 3.05) is 6.61 Å². The molecule has 0 aromatic carbocycles. The lowest BCUT2D eigenvalue weighted by Crippen LogP contribution is -2.16. The molecule has 1 rings (SSSR count). The lowest BCUT2D eigenvalue weighted by atomic mass is 9.88. The van der Waals surface area contributed by atoms with E-state index in [2.05, 4.69) is 4.98 Å². The third-order valence-corrected chi connectivity index (χ3v) is 1.93. The van der Waals surface area contributed by atoms with Gasteiger partial charge in [-0.2, -0.15) is 0 Å². The lowest BCUT2D eigenvalue weighted by Gasteiger charge is -2.21. The molecular formula is C11H15F2NO. The van der Waals surface area contributed by atoms with E-state index in [0.717, 1.165) is 5.56 Å². The molecule has 0 N–H and O–H groups in total. The van der Waals surface area contributed by atoms with Crippen molar-refractivity contribution >= 4 is 0 Å². The van der Waals surface area contributed by atoms with Crippen LogP contribution in [0.4, 0.5) is 8.78 Å². The molecule has 0 amide bonds. The van der Waals surface area contributed by atoms with E-state index in [1.54, 1.807) is 6.07 Å². The first-order valence-corrected chi connectivity index (χ1v) is 4.77. The molecule has 0 aliphatic heterocycles. The van der Waals surface area contributed by atoms with Gasteiger partial charge in [-0.15, -0.1) is 0 Å². The van der Waals surface area contributed by atoms with Crippen LogP contribution in [0.1, 0.15) is 26.3 Å². The molecule has 2 nitrogen and oxygen atoms in total. The molecule has 0 spiro atoms. The smallest absolute Gasteiger partial charge is 0.272 e. The van der Waals surface area contributed by atoms with Crippen LogP contribution < -0.4 is 4.74 Å². The predicted octanol–water partition coefficient (Wildman–Crippen LogP) is 3.02. The number of rotatable bonds is 3. The number of alkyl halides is 2. The van der Waals surface area contributed by atoms with Gasteiger partial charge in [0.05, 0.1) is 0 Å². The molecule has 0 unspecified atom stereocenters. The number of hydrogen-bond donors (Lipinski definition) is 0. The molecule has 15 heavy (non-hydrogen) atoms. The molecule has 0 fully saturated rings. The Morgan fingerprint density at radius 3 is 2.60 bits per heavy atom. The molecule has 0 saturated carbocycles. The Labute approximate surface area is 88.3 Å². The number of aromatic nitrogens is 1. The summed E-state index contributed by atoms with van der Waals surface area (Å²) in [4.78, 5) is 3.96. The number of nitrogens with zero attached hydrogens (tertiary/aromatic N) is 1. The van der Waals surface area contributed by atoms with Gasteiger partial charge >= 0.3 is 0 Å². The van der Waals surface area contributed by atoms with Crippen LogP contribution in [0, 0.1) is 0 Å². The highest BCUT2D eigenvalue weighted by atomic mass is 19.3. The molecule has 84 valence electrons. The van der Waals surface area contributed by atoms with Crippen molar-refractivity contribution in [3.8, 4) is 5.88 Å². The van der Waals surface area contributed by atoms with Gasteiger partial charge in [-0.25, -0.2) is 13.8 Å². The number of pyridine rings is 1. The van der Waals surface area contributed by atoms with E-state index >= 15 is 0 Å². The Balaban J connectivity index is 2.87. The van der Waals surface area contributed by atoms with E-state index in [9.17, 15) is 8.78 Å². The topological polar surface area (TPSA) is 22.1 Å². The van der Waals surface area contributed by atoms with Crippen LogP contribution in [-0.4, -0.2) is 18.0 Å². The van der Waals surface area contributed by atoms with Crippen molar-refractivity contribution in [3.05, 3.63) is 23.9 Å². The zero-order valence-electron chi connectivity index (χ0n) is 9.13. The van der Waals surface area contributed by atoms with Gasteiger partial charge in [0.15, 0.2) is 6.61 Å². The van der Waals surface area contributed by atoms with Crippen molar-refractivity contribution in [2.45, 2.75) is 32.6 Å². The number of halogens is 2. The Kier molecular flexibility index (Phi) is 3.61. The largest absolute Gasteiger partial charge is 0.471 e. The van der Waals surface area contributed by atoms with Crippen LogP contribution in [0.15, 0.2) is 18.3 Å². The lowest BCUT2D eigenvalue weighted by molar-refractivity contribution is 0.0785. The average molecular weight is 215 g/mol. The van der Waals surface area contributed by atoms with Gasteiger partial charge in [-0.3, -0.25) is 0 Å². The van der Waals surface area contributed by atoms with Gasteiger partial charge in [0.1, 0.15) is 0 Å². The average Bonchev–Trinajstić information content (AvgIpc) is 2.13. The van der Waals surface area contributed by atoms with Gasteiger partial charge in [0.25, 0.3) is 6.43 Å². The van der Waals surface area contributed by atoms with Crippen LogP contribution in [0.2, 0.25) is 0 Å². The zero-order valence-corrected chi connectivity index (χ0v) is 9.13. The van der Waals surface area contributed by atoms with E-state index in [4.69, 9.17) is 4.74 Å². The third kappa shape index (κ3) is 3.46. The molecule has 4 heteroatoms. The van der Waals surface area contributed by atoms with E-state index in [1.807, 2.05) is 26.8 Å². The Hall–Kier alpha value is -1.19. The summed E-state index contributed by atoms with van der Waals surface area (Å²) >= 11 is 0. The van der Waals surface area contributed by atoms with Crippen molar-refractivity contribution in [1.29, 1.82) is 0 Å². The molecule has 1 heterocycles. The third-order valence-electron chi connectivity index (χ3n) is 1.93. The van der Waals surface area contributed by atoms with Crippen molar-refractivity contribution < 1.29 is 13.5 Å². The van der Waals surface area contributed by atoms with Crippen LogP contribution >= 0.6 is 0 Å². The van der Waals surface area contributed by atoms with Crippen molar-refractivity contribution in [3.63, 3.8) is 0 Å². The minimum Gasteiger partial charge on any atom is -0.471 e. The Morgan fingerprint density at radius 1 is 1.40 bits per heavy atom. The summed E-state index contributed by atoms with van der Waals surface area (Å²) in [5.74, 6) is 0.297. The highest BCUT2D eigenvalue weighted by molar-refractivity contribution is 5.31. The van der Waals surface area contributed by atoms with Crippen LogP contribution in [0.5, 0.6) is 5.88 Å². The van der Waals surface area contributed by atoms with Crippen molar-refractivity contribution in [2.24, 2.45) is 0 Å². The van der Waals surface area contributed by atoms with E-state index in [0.29, 0.717) is 5.88 Å². The highest BCUT2D eigenvalue weighted by Crippen LogP contribution is 2.29. The quantitative estimate of drug-likeness (QED) is 0.773. The molecule has 0 atom stereocenters. The van der Waals surface area contributed by atoms with Crippen LogP contribution in [0.3, 0.4) is 0 Å². The molecule has 0 radical (unpaired) electrons. The molecule has 0 aliphatic carbocycles. The summed E-state index contributed by atoms with van der Waals surface area (Å²) < 4.78 is 29.0. The second-order valence-corrected chi connectivity index (χ2v) is 4.31. The fraction of sp³-hybridized carbons (Fsp3) is 0.545. The maximum absolute atomic E-state index is 12.0. The maximum Gasteiger partial charge on any atom is 0.272 e. The zero-order chi connectivity index (χ0) is 11.5. The van der Waals surface area contributed by atoms with Gasteiger partial charge in [0.2, 0.25) is 5.88 Å². The first kappa shape index (κ1) is 11.9. The van der Waals surface area contributed by atoms with Gasteiger partial charge in [-0.1, -0.05) is 26.8 Å². The van der Waals surface area contributed by atoms with Crippen molar-refractivity contribution in [1.82, 2.24) is 4.98 Å². The highest BCUT2D eigenvalue weighted by Gasteiger charge is 2.20. The summed E-state index contributed by atoms with van der Waals surface area (Å²) in [5, 5.41) is 0. The molecule has 0 aliphatic rings. The second kappa shape index (κ2) is 4.55. The van der Waals surface area contributed by atoms with E-state index in [1.165, 1.54) is 6.20 Å². The first-order valence-electron chi connectivity index (χ1n) is 4.77. The SMILES string of the molecule is CC(C)(C)c1cccnc1OCC(F)F.